The molecular weight excluding hydrogens is 192 g/mol. The standard InChI is InChI=1S/C9H15F2NO2/c1-6(2)7(8(13)14)12-4-3-9(10,11)5-12/h6-7H,3-5H2,1-2H3,(H,13,14). The zero-order valence-electron chi connectivity index (χ0n) is 8.33. The zero-order chi connectivity index (χ0) is 10.9. The second kappa shape index (κ2) is 3.81. The van der Waals surface area contributed by atoms with Gasteiger partial charge in [0.15, 0.2) is 0 Å². The average molecular weight is 207 g/mol. The van der Waals surface area contributed by atoms with Gasteiger partial charge in [0.2, 0.25) is 0 Å². The van der Waals surface area contributed by atoms with Crippen LogP contribution >= 0.6 is 0 Å². The number of carboxylic acid groups (broad SMARTS) is 1. The van der Waals surface area contributed by atoms with Crippen LogP contribution in [0.3, 0.4) is 0 Å². The second-order valence-corrected chi connectivity index (χ2v) is 4.10. The van der Waals surface area contributed by atoms with Crippen LogP contribution < -0.4 is 0 Å². The average Bonchev–Trinajstić information content (AvgIpc) is 2.28. The monoisotopic (exact) mass is 207 g/mol. The Bertz CT molecular complexity index is 231. The molecule has 14 heavy (non-hydrogen) atoms. The van der Waals surface area contributed by atoms with E-state index in [0.717, 1.165) is 0 Å². The number of hydrogen-bond acceptors (Lipinski definition) is 2. The molecule has 0 spiro atoms. The third kappa shape index (κ3) is 2.41. The van der Waals surface area contributed by atoms with Crippen LogP contribution in [0.4, 0.5) is 8.78 Å². The molecule has 0 radical (unpaired) electrons. The zero-order valence-corrected chi connectivity index (χ0v) is 8.33. The molecule has 0 aliphatic carbocycles. The van der Waals surface area contributed by atoms with E-state index < -0.39 is 24.5 Å². The Morgan fingerprint density at radius 2 is 2.07 bits per heavy atom. The molecule has 1 saturated heterocycles. The molecular formula is C9H15F2NO2. The summed E-state index contributed by atoms with van der Waals surface area (Å²) in [5.41, 5.74) is 0. The van der Waals surface area contributed by atoms with Gasteiger partial charge < -0.3 is 5.11 Å². The van der Waals surface area contributed by atoms with E-state index in [9.17, 15) is 13.6 Å². The minimum absolute atomic E-state index is 0.151. The lowest BCUT2D eigenvalue weighted by atomic mass is 10.0. The van der Waals surface area contributed by atoms with Gasteiger partial charge in [0, 0.05) is 13.0 Å². The number of carboxylic acids is 1. The Labute approximate surface area is 81.7 Å². The van der Waals surface area contributed by atoms with E-state index in [2.05, 4.69) is 0 Å². The Morgan fingerprint density at radius 3 is 2.36 bits per heavy atom. The fourth-order valence-corrected chi connectivity index (χ4v) is 1.86. The van der Waals surface area contributed by atoms with Crippen molar-refractivity contribution in [3.05, 3.63) is 0 Å². The summed E-state index contributed by atoms with van der Waals surface area (Å²) < 4.78 is 25.7. The number of hydrogen-bond donors (Lipinski definition) is 1. The molecule has 0 bridgehead atoms. The molecule has 0 saturated carbocycles. The van der Waals surface area contributed by atoms with Gasteiger partial charge in [0.1, 0.15) is 6.04 Å². The molecule has 1 aliphatic heterocycles. The number of carbonyl (C=O) groups is 1. The van der Waals surface area contributed by atoms with Crippen molar-refractivity contribution >= 4 is 5.97 Å². The lowest BCUT2D eigenvalue weighted by Gasteiger charge is -2.26. The van der Waals surface area contributed by atoms with Gasteiger partial charge >= 0.3 is 5.97 Å². The normalized spacial score (nSPS) is 24.1. The molecule has 0 aromatic heterocycles. The van der Waals surface area contributed by atoms with E-state index in [-0.39, 0.29) is 18.9 Å². The lowest BCUT2D eigenvalue weighted by molar-refractivity contribution is -0.145. The summed E-state index contributed by atoms with van der Waals surface area (Å²) in [6.07, 6.45) is -0.233. The van der Waals surface area contributed by atoms with Crippen molar-refractivity contribution in [2.45, 2.75) is 32.2 Å². The van der Waals surface area contributed by atoms with Crippen molar-refractivity contribution in [3.63, 3.8) is 0 Å². The summed E-state index contributed by atoms with van der Waals surface area (Å²) in [5.74, 6) is -3.89. The van der Waals surface area contributed by atoms with Gasteiger partial charge in [-0.2, -0.15) is 0 Å². The highest BCUT2D eigenvalue weighted by Gasteiger charge is 2.43. The maximum absolute atomic E-state index is 12.8. The molecule has 3 nitrogen and oxygen atoms in total. The third-order valence-corrected chi connectivity index (χ3v) is 2.48. The van der Waals surface area contributed by atoms with Crippen molar-refractivity contribution in [2.24, 2.45) is 5.92 Å². The summed E-state index contributed by atoms with van der Waals surface area (Å²) in [6.45, 7) is 3.20. The van der Waals surface area contributed by atoms with Crippen molar-refractivity contribution in [1.82, 2.24) is 4.90 Å². The van der Waals surface area contributed by atoms with E-state index in [4.69, 9.17) is 5.11 Å². The van der Waals surface area contributed by atoms with Crippen LogP contribution in [0, 0.1) is 5.92 Å². The van der Waals surface area contributed by atoms with Gasteiger partial charge in [-0.3, -0.25) is 9.69 Å². The fourth-order valence-electron chi connectivity index (χ4n) is 1.86. The van der Waals surface area contributed by atoms with E-state index in [1.54, 1.807) is 13.8 Å². The molecule has 1 aliphatic rings. The molecule has 1 fully saturated rings. The summed E-state index contributed by atoms with van der Waals surface area (Å²) in [4.78, 5) is 12.2. The topological polar surface area (TPSA) is 40.5 Å². The van der Waals surface area contributed by atoms with Gasteiger partial charge in [0.25, 0.3) is 5.92 Å². The predicted octanol–water partition coefficient (Wildman–Crippen LogP) is 1.44. The minimum Gasteiger partial charge on any atom is -0.480 e. The Kier molecular flexibility index (Phi) is 3.09. The molecule has 0 aromatic carbocycles. The molecule has 5 heteroatoms. The SMILES string of the molecule is CC(C)C(C(=O)O)N1CCC(F)(F)C1. The second-order valence-electron chi connectivity index (χ2n) is 4.10. The first kappa shape index (κ1) is 11.4. The smallest absolute Gasteiger partial charge is 0.321 e. The number of nitrogens with zero attached hydrogens (tertiary/aromatic N) is 1. The largest absolute Gasteiger partial charge is 0.480 e. The van der Waals surface area contributed by atoms with Crippen LogP contribution in [0.25, 0.3) is 0 Å². The highest BCUT2D eigenvalue weighted by Crippen LogP contribution is 2.29. The Hall–Kier alpha value is -0.710. The van der Waals surface area contributed by atoms with Gasteiger partial charge in [-0.25, -0.2) is 8.78 Å². The van der Waals surface area contributed by atoms with Crippen LogP contribution in [0.15, 0.2) is 0 Å². The molecule has 0 amide bonds. The minimum atomic E-state index is -2.72. The summed E-state index contributed by atoms with van der Waals surface area (Å²) in [5, 5.41) is 8.89. The van der Waals surface area contributed by atoms with Crippen molar-refractivity contribution < 1.29 is 18.7 Å². The summed E-state index contributed by atoms with van der Waals surface area (Å²) in [7, 11) is 0. The fraction of sp³-hybridized carbons (Fsp3) is 0.889. The van der Waals surface area contributed by atoms with Crippen LogP contribution in [-0.4, -0.2) is 41.0 Å². The van der Waals surface area contributed by atoms with Crippen LogP contribution in [0.1, 0.15) is 20.3 Å². The van der Waals surface area contributed by atoms with E-state index in [0.29, 0.717) is 0 Å². The Balaban J connectivity index is 2.68. The first-order valence-electron chi connectivity index (χ1n) is 4.68. The van der Waals surface area contributed by atoms with Crippen LogP contribution in [0.2, 0.25) is 0 Å². The van der Waals surface area contributed by atoms with E-state index in [1.807, 2.05) is 0 Å². The summed E-state index contributed by atoms with van der Waals surface area (Å²) in [6, 6.07) is -0.789. The third-order valence-electron chi connectivity index (χ3n) is 2.48. The summed E-state index contributed by atoms with van der Waals surface area (Å²) >= 11 is 0. The molecule has 1 unspecified atom stereocenters. The molecule has 1 heterocycles. The van der Waals surface area contributed by atoms with Gasteiger partial charge in [-0.15, -0.1) is 0 Å². The van der Waals surface area contributed by atoms with E-state index >= 15 is 0 Å². The van der Waals surface area contributed by atoms with Crippen molar-refractivity contribution in [2.75, 3.05) is 13.1 Å². The lowest BCUT2D eigenvalue weighted by Crippen LogP contribution is -2.44. The molecule has 1 N–H and O–H groups in total. The first-order valence-corrected chi connectivity index (χ1v) is 4.68. The van der Waals surface area contributed by atoms with Gasteiger partial charge in [-0.1, -0.05) is 13.8 Å². The molecule has 0 aromatic rings. The molecule has 1 rings (SSSR count). The number of likely N-dealkylation sites (tertiary alicyclic amines) is 1. The van der Waals surface area contributed by atoms with E-state index in [1.165, 1.54) is 4.90 Å². The maximum Gasteiger partial charge on any atom is 0.321 e. The Morgan fingerprint density at radius 1 is 1.50 bits per heavy atom. The maximum atomic E-state index is 12.8. The number of halogens is 2. The number of rotatable bonds is 3. The van der Waals surface area contributed by atoms with Crippen molar-refractivity contribution in [3.8, 4) is 0 Å². The molecule has 82 valence electrons. The van der Waals surface area contributed by atoms with Crippen LogP contribution in [-0.2, 0) is 4.79 Å². The van der Waals surface area contributed by atoms with Gasteiger partial charge in [-0.05, 0) is 5.92 Å². The highest BCUT2D eigenvalue weighted by molar-refractivity contribution is 5.73. The molecule has 1 atom stereocenters. The number of aliphatic carboxylic acids is 1. The predicted molar refractivity (Wildman–Crippen MR) is 47.4 cm³/mol. The highest BCUT2D eigenvalue weighted by atomic mass is 19.3. The van der Waals surface area contributed by atoms with Crippen molar-refractivity contribution in [1.29, 1.82) is 0 Å². The van der Waals surface area contributed by atoms with Crippen LogP contribution in [0.5, 0.6) is 0 Å². The van der Waals surface area contributed by atoms with Gasteiger partial charge in [0.05, 0.1) is 6.54 Å². The first-order chi connectivity index (χ1) is 6.33. The quantitative estimate of drug-likeness (QED) is 0.761. The number of alkyl halides is 2.